The van der Waals surface area contributed by atoms with Gasteiger partial charge in [0, 0.05) is 13.1 Å². The summed E-state index contributed by atoms with van der Waals surface area (Å²) in [6.07, 6.45) is 1.14. The highest BCUT2D eigenvalue weighted by Crippen LogP contribution is 2.21. The maximum Gasteiger partial charge on any atom is 0.101 e. The van der Waals surface area contributed by atoms with Crippen LogP contribution in [0.1, 0.15) is 17.5 Å². The molecular weight excluding hydrogens is 174 g/mol. The van der Waals surface area contributed by atoms with E-state index in [9.17, 15) is 0 Å². The molecule has 2 rings (SSSR count). The fourth-order valence-electron chi connectivity index (χ4n) is 1.71. The third kappa shape index (κ3) is 1.57. The number of nitriles is 1. The van der Waals surface area contributed by atoms with E-state index < -0.39 is 0 Å². The molecule has 3 nitrogen and oxygen atoms in total. The lowest BCUT2D eigenvalue weighted by Gasteiger charge is -2.19. The molecule has 1 fully saturated rings. The number of hydrazine groups is 1. The third-order valence-corrected chi connectivity index (χ3v) is 2.42. The van der Waals surface area contributed by atoms with Gasteiger partial charge in [0.15, 0.2) is 0 Å². The average molecular weight is 187 g/mol. The van der Waals surface area contributed by atoms with Gasteiger partial charge in [0.25, 0.3) is 0 Å². The van der Waals surface area contributed by atoms with Crippen molar-refractivity contribution in [2.75, 3.05) is 18.1 Å². The van der Waals surface area contributed by atoms with Crippen molar-refractivity contribution >= 4 is 5.69 Å². The van der Waals surface area contributed by atoms with Crippen molar-refractivity contribution < 1.29 is 0 Å². The molecule has 0 radical (unpaired) electrons. The number of nitrogens with one attached hydrogen (secondary N) is 1. The summed E-state index contributed by atoms with van der Waals surface area (Å²) in [5.74, 6) is 0. The molecule has 1 aromatic rings. The van der Waals surface area contributed by atoms with Gasteiger partial charge < -0.3 is 5.01 Å². The zero-order valence-electron chi connectivity index (χ0n) is 8.25. The van der Waals surface area contributed by atoms with E-state index in [4.69, 9.17) is 5.26 Å². The molecule has 0 unspecified atom stereocenters. The standard InChI is InChI=1S/C11H13N3/c1-9-3-4-11(10(7-9)8-12)14-6-2-5-13-14/h3-4,7,13H,2,5-6H2,1H3. The van der Waals surface area contributed by atoms with Crippen molar-refractivity contribution in [3.63, 3.8) is 0 Å². The highest BCUT2D eigenvalue weighted by atomic mass is 15.5. The van der Waals surface area contributed by atoms with E-state index in [2.05, 4.69) is 16.5 Å². The molecule has 0 saturated carbocycles. The van der Waals surface area contributed by atoms with Crippen molar-refractivity contribution in [1.82, 2.24) is 5.43 Å². The lowest BCUT2D eigenvalue weighted by atomic mass is 10.1. The number of hydrogen-bond acceptors (Lipinski definition) is 3. The predicted molar refractivity (Wildman–Crippen MR) is 55.9 cm³/mol. The molecule has 0 amide bonds. The van der Waals surface area contributed by atoms with Crippen LogP contribution in [0, 0.1) is 18.3 Å². The quantitative estimate of drug-likeness (QED) is 0.725. The van der Waals surface area contributed by atoms with Crippen LogP contribution in [-0.4, -0.2) is 13.1 Å². The number of aryl methyl sites for hydroxylation is 1. The summed E-state index contributed by atoms with van der Waals surface area (Å²) < 4.78 is 0. The molecule has 1 N–H and O–H groups in total. The van der Waals surface area contributed by atoms with Crippen LogP contribution in [0.5, 0.6) is 0 Å². The van der Waals surface area contributed by atoms with Crippen LogP contribution in [0.4, 0.5) is 5.69 Å². The van der Waals surface area contributed by atoms with Crippen LogP contribution in [0.2, 0.25) is 0 Å². The highest BCUT2D eigenvalue weighted by Gasteiger charge is 2.14. The smallest absolute Gasteiger partial charge is 0.101 e. The molecule has 0 spiro atoms. The Morgan fingerprint density at radius 1 is 1.50 bits per heavy atom. The Hall–Kier alpha value is -1.53. The summed E-state index contributed by atoms with van der Waals surface area (Å²) in [4.78, 5) is 0. The van der Waals surface area contributed by atoms with Gasteiger partial charge in [-0.25, -0.2) is 5.43 Å². The van der Waals surface area contributed by atoms with Crippen molar-refractivity contribution in [2.45, 2.75) is 13.3 Å². The number of hydrogen-bond donors (Lipinski definition) is 1. The number of rotatable bonds is 1. The summed E-state index contributed by atoms with van der Waals surface area (Å²) in [5.41, 5.74) is 6.12. The van der Waals surface area contributed by atoms with Crippen LogP contribution in [0.25, 0.3) is 0 Å². The molecule has 1 aliphatic rings. The molecule has 0 aromatic heterocycles. The second-order valence-electron chi connectivity index (χ2n) is 3.55. The van der Waals surface area contributed by atoms with Gasteiger partial charge in [0.1, 0.15) is 6.07 Å². The van der Waals surface area contributed by atoms with E-state index >= 15 is 0 Å². The lowest BCUT2D eigenvalue weighted by molar-refractivity contribution is 0.786. The second kappa shape index (κ2) is 3.69. The van der Waals surface area contributed by atoms with E-state index in [0.29, 0.717) is 0 Å². The van der Waals surface area contributed by atoms with Crippen LogP contribution < -0.4 is 10.4 Å². The third-order valence-electron chi connectivity index (χ3n) is 2.42. The molecule has 1 heterocycles. The minimum Gasteiger partial charge on any atom is -0.307 e. The lowest BCUT2D eigenvalue weighted by Crippen LogP contribution is -2.31. The Labute approximate surface area is 83.9 Å². The molecule has 1 aliphatic heterocycles. The Bertz CT molecular complexity index is 373. The molecule has 72 valence electrons. The minimum atomic E-state index is 0.749. The largest absolute Gasteiger partial charge is 0.307 e. The minimum absolute atomic E-state index is 0.749. The first-order valence-corrected chi connectivity index (χ1v) is 4.83. The number of benzene rings is 1. The summed E-state index contributed by atoms with van der Waals surface area (Å²) >= 11 is 0. The van der Waals surface area contributed by atoms with Gasteiger partial charge in [-0.2, -0.15) is 5.26 Å². The zero-order valence-corrected chi connectivity index (χ0v) is 8.25. The fraction of sp³-hybridized carbons (Fsp3) is 0.364. The van der Waals surface area contributed by atoms with Crippen LogP contribution >= 0.6 is 0 Å². The average Bonchev–Trinajstić information content (AvgIpc) is 2.70. The van der Waals surface area contributed by atoms with Crippen molar-refractivity contribution in [1.29, 1.82) is 5.26 Å². The van der Waals surface area contributed by atoms with Crippen LogP contribution in [0.15, 0.2) is 18.2 Å². The number of nitrogens with zero attached hydrogens (tertiary/aromatic N) is 2. The highest BCUT2D eigenvalue weighted by molar-refractivity contribution is 5.60. The monoisotopic (exact) mass is 187 g/mol. The van der Waals surface area contributed by atoms with Gasteiger partial charge in [0.2, 0.25) is 0 Å². The van der Waals surface area contributed by atoms with E-state index in [1.165, 1.54) is 0 Å². The van der Waals surface area contributed by atoms with Gasteiger partial charge >= 0.3 is 0 Å². The molecule has 1 saturated heterocycles. The summed E-state index contributed by atoms with van der Waals surface area (Å²) in [6.45, 7) is 3.98. The maximum absolute atomic E-state index is 9.00. The maximum atomic E-state index is 9.00. The zero-order chi connectivity index (χ0) is 9.97. The van der Waals surface area contributed by atoms with E-state index in [-0.39, 0.29) is 0 Å². The topological polar surface area (TPSA) is 39.1 Å². The number of anilines is 1. The molecule has 14 heavy (non-hydrogen) atoms. The Morgan fingerprint density at radius 2 is 2.36 bits per heavy atom. The van der Waals surface area contributed by atoms with Crippen LogP contribution in [0.3, 0.4) is 0 Å². The summed E-state index contributed by atoms with van der Waals surface area (Å²) in [7, 11) is 0. The second-order valence-corrected chi connectivity index (χ2v) is 3.55. The van der Waals surface area contributed by atoms with Gasteiger partial charge in [-0.05, 0) is 31.0 Å². The molecule has 0 aliphatic carbocycles. The fourth-order valence-corrected chi connectivity index (χ4v) is 1.71. The van der Waals surface area contributed by atoms with E-state index in [0.717, 1.165) is 36.3 Å². The Morgan fingerprint density at radius 3 is 3.00 bits per heavy atom. The first-order valence-electron chi connectivity index (χ1n) is 4.83. The summed E-state index contributed by atoms with van der Waals surface area (Å²) in [6, 6.07) is 8.20. The predicted octanol–water partition coefficient (Wildman–Crippen LogP) is 1.58. The molecule has 3 heteroatoms. The molecule has 1 aromatic carbocycles. The van der Waals surface area contributed by atoms with E-state index in [1.54, 1.807) is 0 Å². The van der Waals surface area contributed by atoms with Gasteiger partial charge in [-0.1, -0.05) is 6.07 Å². The van der Waals surface area contributed by atoms with Crippen LogP contribution in [-0.2, 0) is 0 Å². The van der Waals surface area contributed by atoms with Gasteiger partial charge in [-0.3, -0.25) is 0 Å². The molecular formula is C11H13N3. The first-order chi connectivity index (χ1) is 6.81. The molecule has 0 bridgehead atoms. The Kier molecular flexibility index (Phi) is 2.38. The van der Waals surface area contributed by atoms with Crippen molar-refractivity contribution in [2.24, 2.45) is 0 Å². The Balaban J connectivity index is 2.37. The summed E-state index contributed by atoms with van der Waals surface area (Å²) in [5, 5.41) is 11.1. The van der Waals surface area contributed by atoms with Gasteiger partial charge in [-0.15, -0.1) is 0 Å². The van der Waals surface area contributed by atoms with E-state index in [1.807, 2.05) is 25.1 Å². The first kappa shape index (κ1) is 9.04. The SMILES string of the molecule is Cc1ccc(N2CCCN2)c(C#N)c1. The van der Waals surface area contributed by atoms with Crippen molar-refractivity contribution in [3.8, 4) is 6.07 Å². The normalized spacial score (nSPS) is 15.6. The van der Waals surface area contributed by atoms with Crippen molar-refractivity contribution in [3.05, 3.63) is 29.3 Å². The van der Waals surface area contributed by atoms with Gasteiger partial charge in [0.05, 0.1) is 11.3 Å². The molecule has 0 atom stereocenters.